The number of rotatable bonds is 8. The molecule has 0 heterocycles. The molecule has 0 bridgehead atoms. The van der Waals surface area contributed by atoms with Crippen LogP contribution in [0.4, 0.5) is 0 Å². The zero-order chi connectivity index (χ0) is 18.8. The molecule has 7 nitrogen and oxygen atoms in total. The summed E-state index contributed by atoms with van der Waals surface area (Å²) in [5.41, 5.74) is 9.53. The number of nitrogens with zero attached hydrogens (tertiary/aromatic N) is 1. The quantitative estimate of drug-likeness (QED) is 0.370. The smallest absolute Gasteiger partial charge is 0.258 e. The van der Waals surface area contributed by atoms with Crippen LogP contribution in [-0.2, 0) is 11.3 Å². The van der Waals surface area contributed by atoms with E-state index in [9.17, 15) is 4.79 Å². The number of ether oxygens (including phenoxy) is 2. The van der Waals surface area contributed by atoms with Crippen LogP contribution in [0.25, 0.3) is 0 Å². The first kappa shape index (κ1) is 19.2. The topological polar surface area (TPSA) is 98.0 Å². The first-order valence-electron chi connectivity index (χ1n) is 7.78. The fourth-order valence-electron chi connectivity index (χ4n) is 2.04. The molecule has 4 N–H and O–H groups in total. The van der Waals surface area contributed by atoms with E-state index in [2.05, 4.69) is 28.1 Å². The maximum atomic E-state index is 11.9. The van der Waals surface area contributed by atoms with E-state index in [1.54, 1.807) is 18.2 Å². The van der Waals surface area contributed by atoms with Crippen molar-refractivity contribution in [3.05, 3.63) is 59.7 Å². The van der Waals surface area contributed by atoms with Crippen LogP contribution in [0.2, 0.25) is 0 Å². The van der Waals surface area contributed by atoms with E-state index in [1.165, 1.54) is 13.3 Å². The number of carbonyl (C=O) groups is 1. The van der Waals surface area contributed by atoms with Crippen LogP contribution in [0.5, 0.6) is 11.5 Å². The van der Waals surface area contributed by atoms with Crippen molar-refractivity contribution in [1.29, 1.82) is 0 Å². The predicted molar refractivity (Wildman–Crippen MR) is 104 cm³/mol. The van der Waals surface area contributed by atoms with Crippen molar-refractivity contribution < 1.29 is 14.3 Å². The minimum absolute atomic E-state index is 0.0784. The van der Waals surface area contributed by atoms with Crippen LogP contribution in [0, 0.1) is 0 Å². The summed E-state index contributed by atoms with van der Waals surface area (Å²) in [7, 11) is 1.52. The number of benzene rings is 2. The lowest BCUT2D eigenvalue weighted by Gasteiger charge is -2.11. The van der Waals surface area contributed by atoms with Crippen LogP contribution in [0.15, 0.2) is 53.6 Å². The minimum Gasteiger partial charge on any atom is -0.493 e. The molecule has 0 atom stereocenters. The van der Waals surface area contributed by atoms with Crippen LogP contribution in [0.3, 0.4) is 0 Å². The van der Waals surface area contributed by atoms with Gasteiger partial charge in [0, 0.05) is 6.54 Å². The van der Waals surface area contributed by atoms with Gasteiger partial charge in [0.15, 0.2) is 23.2 Å². The van der Waals surface area contributed by atoms with Gasteiger partial charge in [0.05, 0.1) is 13.3 Å². The molecule has 2 rings (SSSR count). The molecule has 0 fully saturated rings. The molecule has 2 aromatic carbocycles. The van der Waals surface area contributed by atoms with E-state index in [0.717, 1.165) is 11.1 Å². The Bertz CT molecular complexity index is 781. The Hall–Kier alpha value is -3.13. The van der Waals surface area contributed by atoms with Crippen molar-refractivity contribution >= 4 is 29.5 Å². The SMILES string of the molecule is COc1cc(C=NNC(N)=S)ccc1OCC(=O)NCc1ccccc1. The second kappa shape index (κ2) is 10.00. The summed E-state index contributed by atoms with van der Waals surface area (Å²) in [6.45, 7) is 0.338. The highest BCUT2D eigenvalue weighted by Crippen LogP contribution is 2.27. The molecule has 0 spiro atoms. The first-order valence-corrected chi connectivity index (χ1v) is 8.19. The number of hydrazone groups is 1. The Morgan fingerprint density at radius 2 is 2.00 bits per heavy atom. The first-order chi connectivity index (χ1) is 12.6. The zero-order valence-electron chi connectivity index (χ0n) is 14.3. The normalized spacial score (nSPS) is 10.3. The molecular weight excluding hydrogens is 352 g/mol. The molecule has 0 aromatic heterocycles. The van der Waals surface area contributed by atoms with Gasteiger partial charge in [0.1, 0.15) is 0 Å². The molecule has 2 aromatic rings. The highest BCUT2D eigenvalue weighted by atomic mass is 32.1. The molecule has 8 heteroatoms. The van der Waals surface area contributed by atoms with Crippen molar-refractivity contribution in [2.24, 2.45) is 10.8 Å². The van der Waals surface area contributed by atoms with Crippen LogP contribution in [0.1, 0.15) is 11.1 Å². The fourth-order valence-corrected chi connectivity index (χ4v) is 2.10. The van der Waals surface area contributed by atoms with Gasteiger partial charge in [-0.25, -0.2) is 0 Å². The van der Waals surface area contributed by atoms with E-state index >= 15 is 0 Å². The number of nitrogens with one attached hydrogen (secondary N) is 2. The number of thiocarbonyl (C=S) groups is 1. The lowest BCUT2D eigenvalue weighted by atomic mass is 10.2. The second-order valence-electron chi connectivity index (χ2n) is 5.20. The van der Waals surface area contributed by atoms with Gasteiger partial charge in [-0.05, 0) is 41.5 Å². The van der Waals surface area contributed by atoms with Gasteiger partial charge < -0.3 is 20.5 Å². The van der Waals surface area contributed by atoms with Crippen molar-refractivity contribution in [2.45, 2.75) is 6.54 Å². The van der Waals surface area contributed by atoms with Gasteiger partial charge in [-0.1, -0.05) is 30.3 Å². The summed E-state index contributed by atoms with van der Waals surface area (Å²) in [6, 6.07) is 14.8. The van der Waals surface area contributed by atoms with Crippen LogP contribution >= 0.6 is 12.2 Å². The maximum absolute atomic E-state index is 11.9. The minimum atomic E-state index is -0.220. The molecular formula is C18H20N4O3S. The lowest BCUT2D eigenvalue weighted by Crippen LogP contribution is -2.28. The van der Waals surface area contributed by atoms with Gasteiger partial charge >= 0.3 is 0 Å². The second-order valence-corrected chi connectivity index (χ2v) is 5.64. The van der Waals surface area contributed by atoms with E-state index in [4.69, 9.17) is 15.2 Å². The predicted octanol–water partition coefficient (Wildman–Crippen LogP) is 1.56. The van der Waals surface area contributed by atoms with E-state index in [0.29, 0.717) is 18.0 Å². The number of methoxy groups -OCH3 is 1. The molecule has 0 aliphatic carbocycles. The molecule has 0 unspecified atom stereocenters. The zero-order valence-corrected chi connectivity index (χ0v) is 15.1. The molecule has 1 amide bonds. The third-order valence-electron chi connectivity index (χ3n) is 3.27. The summed E-state index contributed by atoms with van der Waals surface area (Å²) in [5.74, 6) is 0.726. The van der Waals surface area contributed by atoms with Gasteiger partial charge in [-0.3, -0.25) is 10.2 Å². The third-order valence-corrected chi connectivity index (χ3v) is 3.36. The summed E-state index contributed by atoms with van der Waals surface area (Å²) >= 11 is 4.66. The summed E-state index contributed by atoms with van der Waals surface area (Å²) in [6.07, 6.45) is 1.54. The fraction of sp³-hybridized carbons (Fsp3) is 0.167. The highest BCUT2D eigenvalue weighted by Gasteiger charge is 2.08. The molecule has 0 aliphatic heterocycles. The number of hydrogen-bond acceptors (Lipinski definition) is 5. The van der Waals surface area contributed by atoms with Crippen molar-refractivity contribution in [1.82, 2.24) is 10.7 Å². The monoisotopic (exact) mass is 372 g/mol. The lowest BCUT2D eigenvalue weighted by molar-refractivity contribution is -0.123. The van der Waals surface area contributed by atoms with Gasteiger partial charge in [0.25, 0.3) is 5.91 Å². The van der Waals surface area contributed by atoms with Crippen molar-refractivity contribution in [3.63, 3.8) is 0 Å². The Kier molecular flexibility index (Phi) is 7.38. The number of nitrogens with two attached hydrogens (primary N) is 1. The van der Waals surface area contributed by atoms with E-state index in [1.807, 2.05) is 30.3 Å². The summed E-state index contributed by atoms with van der Waals surface area (Å²) < 4.78 is 10.8. The van der Waals surface area contributed by atoms with Gasteiger partial charge in [-0.2, -0.15) is 5.10 Å². The molecule has 26 heavy (non-hydrogen) atoms. The number of hydrogen-bond donors (Lipinski definition) is 3. The molecule has 136 valence electrons. The Labute approximate surface area is 157 Å². The molecule has 0 saturated carbocycles. The summed E-state index contributed by atoms with van der Waals surface area (Å²) in [4.78, 5) is 11.9. The third kappa shape index (κ3) is 6.40. The van der Waals surface area contributed by atoms with E-state index < -0.39 is 0 Å². The Morgan fingerprint density at radius 3 is 2.69 bits per heavy atom. The Morgan fingerprint density at radius 1 is 1.23 bits per heavy atom. The number of amides is 1. The van der Waals surface area contributed by atoms with Crippen molar-refractivity contribution in [2.75, 3.05) is 13.7 Å². The van der Waals surface area contributed by atoms with Gasteiger partial charge in [0.2, 0.25) is 0 Å². The molecule has 0 aliphatic rings. The average Bonchev–Trinajstić information content (AvgIpc) is 2.65. The Balaban J connectivity index is 1.88. The summed E-state index contributed by atoms with van der Waals surface area (Å²) in [5, 5.41) is 6.75. The number of carbonyl (C=O) groups excluding carboxylic acids is 1. The molecule has 0 saturated heterocycles. The maximum Gasteiger partial charge on any atom is 0.258 e. The standard InChI is InChI=1S/C18H20N4O3S/c1-24-16-9-14(11-21-22-18(19)26)7-8-15(16)25-12-17(23)20-10-13-5-3-2-4-6-13/h2-9,11H,10,12H2,1H3,(H,20,23)(H3,19,22,26). The average molecular weight is 372 g/mol. The van der Waals surface area contributed by atoms with Crippen LogP contribution < -0.4 is 25.9 Å². The largest absolute Gasteiger partial charge is 0.493 e. The molecule has 0 radical (unpaired) electrons. The highest BCUT2D eigenvalue weighted by molar-refractivity contribution is 7.80. The van der Waals surface area contributed by atoms with Crippen molar-refractivity contribution in [3.8, 4) is 11.5 Å². The van der Waals surface area contributed by atoms with Gasteiger partial charge in [-0.15, -0.1) is 0 Å². The van der Waals surface area contributed by atoms with Crippen LogP contribution in [-0.4, -0.2) is 31.0 Å². The van der Waals surface area contributed by atoms with E-state index in [-0.39, 0.29) is 17.6 Å².